The Morgan fingerprint density at radius 3 is 2.81 bits per heavy atom. The van der Waals surface area contributed by atoms with Crippen LogP contribution in [0.4, 0.5) is 5.69 Å². The summed E-state index contributed by atoms with van der Waals surface area (Å²) in [6.07, 6.45) is 1.75. The molecule has 0 fully saturated rings. The minimum absolute atomic E-state index is 0.0760. The molecule has 0 bridgehead atoms. The van der Waals surface area contributed by atoms with Crippen LogP contribution in [0.2, 0.25) is 0 Å². The lowest BCUT2D eigenvalue weighted by molar-refractivity contribution is -0.115. The summed E-state index contributed by atoms with van der Waals surface area (Å²) in [5.74, 6) is -0.113. The standard InChI is InChI=1S/C19H16N4O2S2/c1-12-2-4-13(5-3-12)21-16(24)8-17-22-14(10-27-17)9-23-11-20-18-15(19(23)25)6-7-26-18/h2-7,10-11H,8-9H2,1H3,(H,21,24). The van der Waals surface area contributed by atoms with Gasteiger partial charge in [-0.1, -0.05) is 17.7 Å². The number of aryl methyl sites for hydroxylation is 1. The van der Waals surface area contributed by atoms with Gasteiger partial charge in [0.05, 0.1) is 30.4 Å². The summed E-state index contributed by atoms with van der Waals surface area (Å²) in [6.45, 7) is 2.34. The normalized spacial score (nSPS) is 11.0. The van der Waals surface area contributed by atoms with Gasteiger partial charge >= 0.3 is 0 Å². The van der Waals surface area contributed by atoms with Gasteiger partial charge in [0, 0.05) is 11.1 Å². The summed E-state index contributed by atoms with van der Waals surface area (Å²) in [6, 6.07) is 9.44. The van der Waals surface area contributed by atoms with Crippen molar-refractivity contribution in [3.8, 4) is 0 Å². The molecule has 6 nitrogen and oxygen atoms in total. The van der Waals surface area contributed by atoms with E-state index >= 15 is 0 Å². The van der Waals surface area contributed by atoms with Gasteiger partial charge in [0.25, 0.3) is 5.56 Å². The number of fused-ring (bicyclic) bond motifs is 1. The van der Waals surface area contributed by atoms with Crippen molar-refractivity contribution in [2.45, 2.75) is 19.9 Å². The van der Waals surface area contributed by atoms with Crippen LogP contribution in [0.15, 0.2) is 52.2 Å². The molecule has 4 rings (SSSR count). The summed E-state index contributed by atoms with van der Waals surface area (Å²) in [7, 11) is 0. The van der Waals surface area contributed by atoms with Crippen LogP contribution in [0.25, 0.3) is 10.2 Å². The maximum Gasteiger partial charge on any atom is 0.262 e. The second-order valence-corrected chi connectivity index (χ2v) is 7.98. The van der Waals surface area contributed by atoms with Gasteiger partial charge in [0.2, 0.25) is 5.91 Å². The third-order valence-electron chi connectivity index (χ3n) is 4.03. The number of carbonyl (C=O) groups is 1. The third-order valence-corrected chi connectivity index (χ3v) is 5.75. The number of thiazole rings is 1. The van der Waals surface area contributed by atoms with E-state index in [4.69, 9.17) is 0 Å². The monoisotopic (exact) mass is 396 g/mol. The van der Waals surface area contributed by atoms with Gasteiger partial charge in [-0.2, -0.15) is 0 Å². The molecule has 27 heavy (non-hydrogen) atoms. The van der Waals surface area contributed by atoms with Crippen molar-refractivity contribution in [3.05, 3.63) is 74.0 Å². The molecular weight excluding hydrogens is 380 g/mol. The van der Waals surface area contributed by atoms with E-state index in [0.29, 0.717) is 16.9 Å². The Kier molecular flexibility index (Phi) is 4.83. The summed E-state index contributed by atoms with van der Waals surface area (Å²) in [4.78, 5) is 34.2. The lowest BCUT2D eigenvalue weighted by Crippen LogP contribution is -2.20. The van der Waals surface area contributed by atoms with E-state index in [2.05, 4.69) is 15.3 Å². The summed E-state index contributed by atoms with van der Waals surface area (Å²) in [5, 5.41) is 7.93. The first kappa shape index (κ1) is 17.6. The predicted octanol–water partition coefficient (Wildman–Crippen LogP) is 3.45. The molecular formula is C19H16N4O2S2. The largest absolute Gasteiger partial charge is 0.326 e. The van der Waals surface area contributed by atoms with Crippen molar-refractivity contribution < 1.29 is 4.79 Å². The molecule has 0 unspecified atom stereocenters. The van der Waals surface area contributed by atoms with Gasteiger partial charge in [0.15, 0.2) is 0 Å². The zero-order chi connectivity index (χ0) is 18.8. The van der Waals surface area contributed by atoms with E-state index in [1.165, 1.54) is 22.7 Å². The van der Waals surface area contributed by atoms with Crippen LogP contribution >= 0.6 is 22.7 Å². The smallest absolute Gasteiger partial charge is 0.262 e. The molecule has 0 aliphatic rings. The van der Waals surface area contributed by atoms with Crippen LogP contribution in [-0.4, -0.2) is 20.4 Å². The van der Waals surface area contributed by atoms with E-state index in [9.17, 15) is 9.59 Å². The molecule has 8 heteroatoms. The van der Waals surface area contributed by atoms with Gasteiger partial charge < -0.3 is 5.32 Å². The molecule has 1 N–H and O–H groups in total. The van der Waals surface area contributed by atoms with E-state index in [-0.39, 0.29) is 17.9 Å². The second-order valence-electron chi connectivity index (χ2n) is 6.14. The van der Waals surface area contributed by atoms with Gasteiger partial charge in [-0.25, -0.2) is 9.97 Å². The minimum Gasteiger partial charge on any atom is -0.326 e. The maximum absolute atomic E-state index is 12.4. The molecule has 0 spiro atoms. The highest BCUT2D eigenvalue weighted by Crippen LogP contribution is 2.16. The van der Waals surface area contributed by atoms with Crippen LogP contribution in [0.3, 0.4) is 0 Å². The highest BCUT2D eigenvalue weighted by atomic mass is 32.1. The zero-order valence-electron chi connectivity index (χ0n) is 14.5. The van der Waals surface area contributed by atoms with Crippen LogP contribution in [0.5, 0.6) is 0 Å². The summed E-state index contributed by atoms with van der Waals surface area (Å²) in [5.41, 5.74) is 2.58. The third kappa shape index (κ3) is 3.96. The van der Waals surface area contributed by atoms with E-state index in [1.54, 1.807) is 17.0 Å². The van der Waals surface area contributed by atoms with Crippen molar-refractivity contribution in [1.82, 2.24) is 14.5 Å². The molecule has 1 aromatic carbocycles. The van der Waals surface area contributed by atoms with Crippen LogP contribution in [0.1, 0.15) is 16.3 Å². The molecule has 0 saturated heterocycles. The number of rotatable bonds is 5. The number of hydrogen-bond acceptors (Lipinski definition) is 6. The Bertz CT molecular complexity index is 1160. The molecule has 0 radical (unpaired) electrons. The van der Waals surface area contributed by atoms with E-state index in [1.807, 2.05) is 41.9 Å². The highest BCUT2D eigenvalue weighted by Gasteiger charge is 2.11. The second kappa shape index (κ2) is 7.42. The van der Waals surface area contributed by atoms with Crippen molar-refractivity contribution in [2.75, 3.05) is 5.32 Å². The van der Waals surface area contributed by atoms with Gasteiger partial charge in [-0.3, -0.25) is 14.2 Å². The first-order valence-corrected chi connectivity index (χ1v) is 10.1. The number of nitrogens with one attached hydrogen (secondary N) is 1. The fourth-order valence-electron chi connectivity index (χ4n) is 2.66. The molecule has 0 aliphatic heterocycles. The first-order chi connectivity index (χ1) is 13.1. The number of nitrogens with zero attached hydrogens (tertiary/aromatic N) is 3. The highest BCUT2D eigenvalue weighted by molar-refractivity contribution is 7.16. The topological polar surface area (TPSA) is 76.9 Å². The van der Waals surface area contributed by atoms with Crippen molar-refractivity contribution >= 4 is 44.5 Å². The van der Waals surface area contributed by atoms with Crippen LogP contribution in [0, 0.1) is 6.92 Å². The SMILES string of the molecule is Cc1ccc(NC(=O)Cc2nc(Cn3cnc4sccc4c3=O)cs2)cc1. The van der Waals surface area contributed by atoms with Crippen molar-refractivity contribution in [2.24, 2.45) is 0 Å². The summed E-state index contributed by atoms with van der Waals surface area (Å²) < 4.78 is 1.54. The van der Waals surface area contributed by atoms with E-state index in [0.717, 1.165) is 21.8 Å². The Hall–Kier alpha value is -2.84. The molecule has 4 aromatic rings. The number of aromatic nitrogens is 3. The number of anilines is 1. The van der Waals surface area contributed by atoms with Crippen LogP contribution < -0.4 is 10.9 Å². The molecule has 0 saturated carbocycles. The molecule has 0 aliphatic carbocycles. The molecule has 0 atom stereocenters. The minimum atomic E-state index is -0.113. The predicted molar refractivity (Wildman–Crippen MR) is 109 cm³/mol. The quantitative estimate of drug-likeness (QED) is 0.560. The lowest BCUT2D eigenvalue weighted by atomic mass is 10.2. The van der Waals surface area contributed by atoms with Gasteiger partial charge in [-0.15, -0.1) is 22.7 Å². The van der Waals surface area contributed by atoms with Gasteiger partial charge in [0.1, 0.15) is 9.84 Å². The Balaban J connectivity index is 1.43. The number of benzene rings is 1. The number of carbonyl (C=O) groups excluding carboxylic acids is 1. The van der Waals surface area contributed by atoms with E-state index < -0.39 is 0 Å². The number of thiophene rings is 1. The number of hydrogen-bond donors (Lipinski definition) is 1. The molecule has 136 valence electrons. The molecule has 1 amide bonds. The Morgan fingerprint density at radius 2 is 2.00 bits per heavy atom. The van der Waals surface area contributed by atoms with Gasteiger partial charge in [-0.05, 0) is 30.5 Å². The number of amides is 1. The molecule has 3 heterocycles. The fourth-order valence-corrected chi connectivity index (χ4v) is 4.17. The summed E-state index contributed by atoms with van der Waals surface area (Å²) >= 11 is 2.86. The Morgan fingerprint density at radius 1 is 1.19 bits per heavy atom. The van der Waals surface area contributed by atoms with Crippen LogP contribution in [-0.2, 0) is 17.8 Å². The first-order valence-electron chi connectivity index (χ1n) is 8.31. The average molecular weight is 396 g/mol. The Labute approximate surface area is 163 Å². The van der Waals surface area contributed by atoms with Crippen molar-refractivity contribution in [3.63, 3.8) is 0 Å². The maximum atomic E-state index is 12.4. The molecule has 3 aromatic heterocycles. The zero-order valence-corrected chi connectivity index (χ0v) is 16.1. The fraction of sp³-hybridized carbons (Fsp3) is 0.158. The average Bonchev–Trinajstić information content (AvgIpc) is 3.29. The lowest BCUT2D eigenvalue weighted by Gasteiger charge is -2.04. The van der Waals surface area contributed by atoms with Crippen molar-refractivity contribution in [1.29, 1.82) is 0 Å².